The fourth-order valence-electron chi connectivity index (χ4n) is 2.83. The minimum absolute atomic E-state index is 0.127. The highest BCUT2D eigenvalue weighted by atomic mass is 19.1. The molecule has 0 saturated carbocycles. The van der Waals surface area contributed by atoms with Crippen molar-refractivity contribution in [2.45, 2.75) is 18.9 Å². The minimum atomic E-state index is -0.818. The summed E-state index contributed by atoms with van der Waals surface area (Å²) in [6.45, 7) is 0.627. The third-order valence-electron chi connectivity index (χ3n) is 3.75. The molecule has 1 saturated heterocycles. The van der Waals surface area contributed by atoms with Crippen LogP contribution in [0.1, 0.15) is 24.7 Å². The molecule has 8 heteroatoms. The number of rotatable bonds is 3. The Morgan fingerprint density at radius 1 is 1.48 bits per heavy atom. The van der Waals surface area contributed by atoms with E-state index in [0.717, 1.165) is 24.7 Å². The minimum Gasteiger partial charge on any atom is -0.356 e. The number of aromatic nitrogens is 3. The van der Waals surface area contributed by atoms with E-state index in [4.69, 9.17) is 0 Å². The van der Waals surface area contributed by atoms with E-state index in [-0.39, 0.29) is 6.04 Å². The number of aryl methyl sites for hydroxylation is 1. The lowest BCUT2D eigenvalue weighted by atomic mass is 10.1. The Kier molecular flexibility index (Phi) is 3.28. The van der Waals surface area contributed by atoms with Crippen molar-refractivity contribution < 1.29 is 9.31 Å². The first-order valence-corrected chi connectivity index (χ1v) is 6.63. The lowest BCUT2D eigenvalue weighted by molar-refractivity contribution is -0.386. The van der Waals surface area contributed by atoms with Crippen LogP contribution in [0.2, 0.25) is 0 Å². The monoisotopic (exact) mass is 291 g/mol. The fraction of sp³-hybridized carbons (Fsp3) is 0.385. The summed E-state index contributed by atoms with van der Waals surface area (Å²) in [4.78, 5) is 12.3. The van der Waals surface area contributed by atoms with Gasteiger partial charge < -0.3 is 9.47 Å². The molecule has 1 atom stereocenters. The number of hydrogen-bond acceptors (Lipinski definition) is 5. The molecule has 1 aromatic carbocycles. The second-order valence-corrected chi connectivity index (χ2v) is 5.02. The van der Waals surface area contributed by atoms with Gasteiger partial charge in [-0.15, -0.1) is 10.2 Å². The summed E-state index contributed by atoms with van der Waals surface area (Å²) in [6, 6.07) is 4.05. The maximum Gasteiger partial charge on any atom is 0.327 e. The Balaban J connectivity index is 2.06. The number of anilines is 1. The molecule has 0 aliphatic carbocycles. The summed E-state index contributed by atoms with van der Waals surface area (Å²) in [7, 11) is 1.83. The SMILES string of the molecule is Cn1cnnc1C1CCCN1c1cccc(F)c1[N+](=O)[O-]. The van der Waals surface area contributed by atoms with Crippen molar-refractivity contribution in [3.63, 3.8) is 0 Å². The number of para-hydroxylation sites is 1. The third-order valence-corrected chi connectivity index (χ3v) is 3.75. The van der Waals surface area contributed by atoms with Gasteiger partial charge in [0.15, 0.2) is 5.82 Å². The van der Waals surface area contributed by atoms with Gasteiger partial charge in [-0.05, 0) is 25.0 Å². The number of benzene rings is 1. The quantitative estimate of drug-likeness (QED) is 0.640. The summed E-state index contributed by atoms with van der Waals surface area (Å²) in [6.07, 6.45) is 3.26. The van der Waals surface area contributed by atoms with Crippen LogP contribution in [0.15, 0.2) is 24.5 Å². The molecular weight excluding hydrogens is 277 g/mol. The first-order valence-electron chi connectivity index (χ1n) is 6.63. The smallest absolute Gasteiger partial charge is 0.327 e. The Bertz CT molecular complexity index is 687. The molecule has 0 N–H and O–H groups in total. The van der Waals surface area contributed by atoms with Gasteiger partial charge in [0, 0.05) is 13.6 Å². The number of hydrogen-bond donors (Lipinski definition) is 0. The fourth-order valence-corrected chi connectivity index (χ4v) is 2.83. The molecule has 1 aromatic heterocycles. The molecule has 2 heterocycles. The van der Waals surface area contributed by atoms with Gasteiger partial charge >= 0.3 is 5.69 Å². The molecular formula is C13H14FN5O2. The van der Waals surface area contributed by atoms with Crippen LogP contribution in [0.3, 0.4) is 0 Å². The van der Waals surface area contributed by atoms with E-state index in [9.17, 15) is 14.5 Å². The maximum absolute atomic E-state index is 13.8. The molecule has 1 aliphatic rings. The second-order valence-electron chi connectivity index (χ2n) is 5.02. The Morgan fingerprint density at radius 2 is 2.29 bits per heavy atom. The number of nitrogens with zero attached hydrogens (tertiary/aromatic N) is 5. The van der Waals surface area contributed by atoms with Gasteiger partial charge in [0.05, 0.1) is 11.0 Å². The van der Waals surface area contributed by atoms with Crippen LogP contribution in [-0.4, -0.2) is 26.2 Å². The van der Waals surface area contributed by atoms with Gasteiger partial charge in [0.1, 0.15) is 12.0 Å². The number of nitro groups is 1. The highest BCUT2D eigenvalue weighted by Gasteiger charge is 2.34. The molecule has 0 radical (unpaired) electrons. The number of halogens is 1. The third kappa shape index (κ3) is 2.22. The van der Waals surface area contributed by atoms with Crippen LogP contribution >= 0.6 is 0 Å². The molecule has 7 nitrogen and oxygen atoms in total. The molecule has 1 aliphatic heterocycles. The van der Waals surface area contributed by atoms with Crippen LogP contribution in [0, 0.1) is 15.9 Å². The predicted molar refractivity (Wildman–Crippen MR) is 73.4 cm³/mol. The van der Waals surface area contributed by atoms with Gasteiger partial charge in [0.2, 0.25) is 5.82 Å². The summed E-state index contributed by atoms with van der Waals surface area (Å²) in [5.41, 5.74) is -0.183. The highest BCUT2D eigenvalue weighted by molar-refractivity contribution is 5.65. The van der Waals surface area contributed by atoms with Gasteiger partial charge in [-0.1, -0.05) is 6.07 Å². The first-order chi connectivity index (χ1) is 10.1. The second kappa shape index (κ2) is 5.12. The molecule has 0 bridgehead atoms. The topological polar surface area (TPSA) is 77.1 Å². The molecule has 3 rings (SSSR count). The van der Waals surface area contributed by atoms with E-state index in [1.165, 1.54) is 6.07 Å². The van der Waals surface area contributed by atoms with Crippen molar-refractivity contribution in [1.29, 1.82) is 0 Å². The van der Waals surface area contributed by atoms with Crippen LogP contribution in [0.25, 0.3) is 0 Å². The average molecular weight is 291 g/mol. The normalized spacial score (nSPS) is 18.2. The van der Waals surface area contributed by atoms with E-state index < -0.39 is 16.4 Å². The van der Waals surface area contributed by atoms with Crippen molar-refractivity contribution in [2.75, 3.05) is 11.4 Å². The molecule has 1 unspecified atom stereocenters. The van der Waals surface area contributed by atoms with Gasteiger partial charge in [0.25, 0.3) is 0 Å². The van der Waals surface area contributed by atoms with E-state index in [0.29, 0.717) is 12.2 Å². The molecule has 0 spiro atoms. The zero-order valence-corrected chi connectivity index (χ0v) is 11.4. The first kappa shape index (κ1) is 13.5. The van der Waals surface area contributed by atoms with Gasteiger partial charge in [-0.3, -0.25) is 10.1 Å². The van der Waals surface area contributed by atoms with E-state index in [1.807, 2.05) is 11.9 Å². The number of nitro benzene ring substituents is 1. The average Bonchev–Trinajstić information content (AvgIpc) is 3.05. The lowest BCUT2D eigenvalue weighted by Gasteiger charge is -2.25. The maximum atomic E-state index is 13.8. The molecule has 0 amide bonds. The lowest BCUT2D eigenvalue weighted by Crippen LogP contribution is -2.25. The summed E-state index contributed by atoms with van der Waals surface area (Å²) in [5.74, 6) is -0.0906. The molecule has 110 valence electrons. The zero-order valence-electron chi connectivity index (χ0n) is 11.4. The molecule has 21 heavy (non-hydrogen) atoms. The Labute approximate surface area is 120 Å². The Hall–Kier alpha value is -2.51. The standard InChI is InChI=1S/C13H14FN5O2/c1-17-8-15-16-13(17)11-6-3-7-18(11)10-5-2-4-9(14)12(10)19(20)21/h2,4-5,8,11H,3,6-7H2,1H3. The Morgan fingerprint density at radius 3 is 2.95 bits per heavy atom. The predicted octanol–water partition coefficient (Wildman–Crippen LogP) is 2.20. The van der Waals surface area contributed by atoms with Crippen LogP contribution < -0.4 is 4.90 Å². The van der Waals surface area contributed by atoms with Crippen LogP contribution in [-0.2, 0) is 7.05 Å². The zero-order chi connectivity index (χ0) is 15.0. The van der Waals surface area contributed by atoms with Crippen LogP contribution in [0.5, 0.6) is 0 Å². The van der Waals surface area contributed by atoms with Crippen LogP contribution in [0.4, 0.5) is 15.8 Å². The van der Waals surface area contributed by atoms with E-state index >= 15 is 0 Å². The largest absolute Gasteiger partial charge is 0.356 e. The van der Waals surface area contributed by atoms with Crippen molar-refractivity contribution in [2.24, 2.45) is 7.05 Å². The van der Waals surface area contributed by atoms with E-state index in [1.54, 1.807) is 17.0 Å². The van der Waals surface area contributed by atoms with Gasteiger partial charge in [-0.2, -0.15) is 4.39 Å². The highest BCUT2D eigenvalue weighted by Crippen LogP contribution is 2.40. The molecule has 2 aromatic rings. The van der Waals surface area contributed by atoms with Crippen molar-refractivity contribution in [1.82, 2.24) is 14.8 Å². The van der Waals surface area contributed by atoms with Crippen molar-refractivity contribution >= 4 is 11.4 Å². The summed E-state index contributed by atoms with van der Waals surface area (Å²) >= 11 is 0. The summed E-state index contributed by atoms with van der Waals surface area (Å²) < 4.78 is 15.6. The van der Waals surface area contributed by atoms with Crippen molar-refractivity contribution in [3.05, 3.63) is 46.3 Å². The van der Waals surface area contributed by atoms with Crippen molar-refractivity contribution in [3.8, 4) is 0 Å². The van der Waals surface area contributed by atoms with E-state index in [2.05, 4.69) is 10.2 Å². The molecule has 1 fully saturated rings. The van der Waals surface area contributed by atoms with Gasteiger partial charge in [-0.25, -0.2) is 0 Å². The summed E-state index contributed by atoms with van der Waals surface area (Å²) in [5, 5.41) is 19.1.